The molecule has 21 heavy (non-hydrogen) atoms. The molecule has 0 aromatic heterocycles. The Morgan fingerprint density at radius 3 is 3.00 bits per heavy atom. The Labute approximate surface area is 132 Å². The number of hydrogen-bond donors (Lipinski definition) is 1. The summed E-state index contributed by atoms with van der Waals surface area (Å²) >= 11 is 3.47. The Bertz CT molecular complexity index is 659. The van der Waals surface area contributed by atoms with Crippen molar-refractivity contribution in [3.8, 4) is 5.75 Å². The van der Waals surface area contributed by atoms with Gasteiger partial charge in [-0.15, -0.1) is 0 Å². The van der Waals surface area contributed by atoms with E-state index in [-0.39, 0.29) is 11.9 Å². The molecule has 2 nitrogen and oxygen atoms in total. The predicted octanol–water partition coefficient (Wildman–Crippen LogP) is 5.22. The summed E-state index contributed by atoms with van der Waals surface area (Å²) < 4.78 is 20.5. The normalized spacial score (nSPS) is 17.6. The summed E-state index contributed by atoms with van der Waals surface area (Å²) in [6.45, 7) is 2.51. The van der Waals surface area contributed by atoms with Gasteiger partial charge in [0, 0.05) is 21.3 Å². The van der Waals surface area contributed by atoms with Crippen molar-refractivity contribution in [3.63, 3.8) is 0 Å². The van der Waals surface area contributed by atoms with Gasteiger partial charge in [0.1, 0.15) is 11.6 Å². The molecule has 0 bridgehead atoms. The molecule has 1 N–H and O–H groups in total. The Kier molecular flexibility index (Phi) is 4.15. The van der Waals surface area contributed by atoms with Gasteiger partial charge in [-0.3, -0.25) is 0 Å². The van der Waals surface area contributed by atoms with Gasteiger partial charge in [-0.05, 0) is 44.0 Å². The maximum absolute atomic E-state index is 13.7. The van der Waals surface area contributed by atoms with Crippen molar-refractivity contribution in [1.82, 2.24) is 0 Å². The van der Waals surface area contributed by atoms with E-state index in [0.29, 0.717) is 12.2 Å². The van der Waals surface area contributed by atoms with Crippen LogP contribution in [0.2, 0.25) is 0 Å². The van der Waals surface area contributed by atoms with Crippen LogP contribution in [0.15, 0.2) is 40.9 Å². The van der Waals surface area contributed by atoms with Gasteiger partial charge < -0.3 is 10.1 Å². The fourth-order valence-electron chi connectivity index (χ4n) is 2.65. The predicted molar refractivity (Wildman–Crippen MR) is 86.4 cm³/mol. The number of benzene rings is 2. The first-order chi connectivity index (χ1) is 10.1. The second-order valence-electron chi connectivity index (χ2n) is 5.28. The van der Waals surface area contributed by atoms with Crippen molar-refractivity contribution < 1.29 is 9.13 Å². The van der Waals surface area contributed by atoms with Crippen LogP contribution in [0, 0.1) is 12.7 Å². The summed E-state index contributed by atoms with van der Waals surface area (Å²) in [5.41, 5.74) is 2.62. The zero-order valence-corrected chi connectivity index (χ0v) is 13.4. The molecule has 1 atom stereocenters. The maximum Gasteiger partial charge on any atom is 0.128 e. The van der Waals surface area contributed by atoms with E-state index < -0.39 is 0 Å². The summed E-state index contributed by atoms with van der Waals surface area (Å²) in [5.74, 6) is 0.717. The van der Waals surface area contributed by atoms with Crippen molar-refractivity contribution >= 4 is 21.6 Å². The lowest BCUT2D eigenvalue weighted by molar-refractivity contribution is 0.316. The highest BCUT2D eigenvalue weighted by atomic mass is 79.9. The topological polar surface area (TPSA) is 21.3 Å². The van der Waals surface area contributed by atoms with E-state index in [0.717, 1.165) is 34.3 Å². The van der Waals surface area contributed by atoms with Crippen LogP contribution >= 0.6 is 15.9 Å². The number of hydrogen-bond acceptors (Lipinski definition) is 2. The van der Waals surface area contributed by atoms with Crippen LogP contribution in [0.5, 0.6) is 5.75 Å². The molecule has 1 heterocycles. The van der Waals surface area contributed by atoms with Gasteiger partial charge in [-0.1, -0.05) is 28.1 Å². The summed E-state index contributed by atoms with van der Waals surface area (Å²) in [4.78, 5) is 0. The van der Waals surface area contributed by atoms with E-state index in [1.54, 1.807) is 13.0 Å². The van der Waals surface area contributed by atoms with Crippen molar-refractivity contribution in [2.75, 3.05) is 11.9 Å². The molecule has 4 heteroatoms. The monoisotopic (exact) mass is 349 g/mol. The fourth-order valence-corrected chi connectivity index (χ4v) is 2.99. The quantitative estimate of drug-likeness (QED) is 0.802. The highest BCUT2D eigenvalue weighted by Gasteiger charge is 2.20. The molecule has 0 radical (unpaired) electrons. The zero-order valence-electron chi connectivity index (χ0n) is 11.8. The van der Waals surface area contributed by atoms with Gasteiger partial charge in [0.05, 0.1) is 12.6 Å². The smallest absolute Gasteiger partial charge is 0.128 e. The van der Waals surface area contributed by atoms with E-state index in [9.17, 15) is 4.39 Å². The molecule has 3 rings (SSSR count). The maximum atomic E-state index is 13.7. The summed E-state index contributed by atoms with van der Waals surface area (Å²) in [7, 11) is 0. The lowest BCUT2D eigenvalue weighted by Crippen LogP contribution is -2.11. The minimum atomic E-state index is -0.180. The Morgan fingerprint density at radius 1 is 1.29 bits per heavy atom. The van der Waals surface area contributed by atoms with Gasteiger partial charge in [-0.2, -0.15) is 0 Å². The SMILES string of the molecule is Cc1c(F)cccc1NC1CCCOc2cc(Br)ccc21. The zero-order chi connectivity index (χ0) is 14.8. The van der Waals surface area contributed by atoms with E-state index in [1.165, 1.54) is 6.07 Å². The molecule has 0 aliphatic carbocycles. The van der Waals surface area contributed by atoms with Crippen LogP contribution in [0.3, 0.4) is 0 Å². The fraction of sp³-hybridized carbons (Fsp3) is 0.294. The van der Waals surface area contributed by atoms with Crippen molar-refractivity contribution in [2.45, 2.75) is 25.8 Å². The lowest BCUT2D eigenvalue weighted by atomic mass is 10.0. The third kappa shape index (κ3) is 3.05. The number of nitrogens with one attached hydrogen (secondary N) is 1. The Hall–Kier alpha value is -1.55. The first-order valence-corrected chi connectivity index (χ1v) is 7.88. The van der Waals surface area contributed by atoms with Gasteiger partial charge in [0.2, 0.25) is 0 Å². The average Bonchev–Trinajstić information content (AvgIpc) is 2.66. The first kappa shape index (κ1) is 14.4. The summed E-state index contributed by atoms with van der Waals surface area (Å²) in [6, 6.07) is 11.4. The Morgan fingerprint density at radius 2 is 2.14 bits per heavy atom. The number of halogens is 2. The number of fused-ring (bicyclic) bond motifs is 1. The van der Waals surface area contributed by atoms with Crippen LogP contribution < -0.4 is 10.1 Å². The minimum absolute atomic E-state index is 0.135. The molecular formula is C17H17BrFNO. The van der Waals surface area contributed by atoms with Crippen LogP contribution in [-0.4, -0.2) is 6.61 Å². The van der Waals surface area contributed by atoms with Crippen LogP contribution in [0.4, 0.5) is 10.1 Å². The highest BCUT2D eigenvalue weighted by molar-refractivity contribution is 9.10. The van der Waals surface area contributed by atoms with Gasteiger partial charge >= 0.3 is 0 Å². The number of rotatable bonds is 2. The van der Waals surface area contributed by atoms with E-state index >= 15 is 0 Å². The molecule has 0 saturated carbocycles. The van der Waals surface area contributed by atoms with Gasteiger partial charge in [0.15, 0.2) is 0 Å². The number of anilines is 1. The number of ether oxygens (including phenoxy) is 1. The molecule has 0 amide bonds. The average molecular weight is 350 g/mol. The molecule has 2 aromatic rings. The molecule has 1 unspecified atom stereocenters. The van der Waals surface area contributed by atoms with Crippen molar-refractivity contribution in [3.05, 3.63) is 57.8 Å². The first-order valence-electron chi connectivity index (χ1n) is 7.09. The minimum Gasteiger partial charge on any atom is -0.493 e. The van der Waals surface area contributed by atoms with Gasteiger partial charge in [-0.25, -0.2) is 4.39 Å². The van der Waals surface area contributed by atoms with Crippen LogP contribution in [-0.2, 0) is 0 Å². The van der Waals surface area contributed by atoms with Crippen LogP contribution in [0.1, 0.15) is 30.0 Å². The second kappa shape index (κ2) is 6.06. The van der Waals surface area contributed by atoms with Crippen molar-refractivity contribution in [1.29, 1.82) is 0 Å². The molecule has 0 fully saturated rings. The summed E-state index contributed by atoms with van der Waals surface area (Å²) in [5, 5.41) is 3.47. The van der Waals surface area contributed by atoms with Crippen LogP contribution in [0.25, 0.3) is 0 Å². The standard InChI is InChI=1S/C17H17BrFNO/c1-11-14(19)4-2-5-15(11)20-16-6-3-9-21-17-10-12(18)7-8-13(16)17/h2,4-5,7-8,10,16,20H,3,6,9H2,1H3. The van der Waals surface area contributed by atoms with E-state index in [4.69, 9.17) is 4.74 Å². The van der Waals surface area contributed by atoms with Gasteiger partial charge in [0.25, 0.3) is 0 Å². The largest absolute Gasteiger partial charge is 0.493 e. The molecule has 0 spiro atoms. The molecule has 1 aliphatic rings. The van der Waals surface area contributed by atoms with E-state index in [2.05, 4.69) is 27.3 Å². The molecule has 0 saturated heterocycles. The second-order valence-corrected chi connectivity index (χ2v) is 6.20. The molecule has 1 aliphatic heterocycles. The molecule has 110 valence electrons. The Balaban J connectivity index is 1.94. The van der Waals surface area contributed by atoms with Crippen molar-refractivity contribution in [2.24, 2.45) is 0 Å². The molecule has 2 aromatic carbocycles. The lowest BCUT2D eigenvalue weighted by Gasteiger charge is -2.21. The highest BCUT2D eigenvalue weighted by Crippen LogP contribution is 2.36. The summed E-state index contributed by atoms with van der Waals surface area (Å²) in [6.07, 6.45) is 1.93. The third-order valence-corrected chi connectivity index (χ3v) is 4.34. The van der Waals surface area contributed by atoms with E-state index in [1.807, 2.05) is 18.2 Å². The molecular weight excluding hydrogens is 333 g/mol. The third-order valence-electron chi connectivity index (χ3n) is 3.84.